The summed E-state index contributed by atoms with van der Waals surface area (Å²) in [6.45, 7) is 10.1. The van der Waals surface area contributed by atoms with E-state index in [1.807, 2.05) is 20.8 Å². The van der Waals surface area contributed by atoms with Crippen molar-refractivity contribution in [1.82, 2.24) is 4.90 Å². The Kier molecular flexibility index (Phi) is 5.26. The maximum Gasteiger partial charge on any atom is 0.410 e. The highest BCUT2D eigenvalue weighted by atomic mass is 16.6. The van der Waals surface area contributed by atoms with Gasteiger partial charge in [0, 0.05) is 13.1 Å². The molecule has 3 heteroatoms. The van der Waals surface area contributed by atoms with Gasteiger partial charge in [0.2, 0.25) is 0 Å². The van der Waals surface area contributed by atoms with E-state index in [1.165, 1.54) is 11.1 Å². The number of hydrogen-bond acceptors (Lipinski definition) is 2. The van der Waals surface area contributed by atoms with Crippen LogP contribution < -0.4 is 0 Å². The van der Waals surface area contributed by atoms with Gasteiger partial charge in [-0.15, -0.1) is 0 Å². The van der Waals surface area contributed by atoms with Crippen LogP contribution >= 0.6 is 0 Å². The highest BCUT2D eigenvalue weighted by molar-refractivity contribution is 5.68. The molecule has 0 spiro atoms. The van der Waals surface area contributed by atoms with Crippen molar-refractivity contribution in [2.75, 3.05) is 19.7 Å². The zero-order chi connectivity index (χ0) is 12.8. The zero-order valence-electron chi connectivity index (χ0n) is 11.3. The third-order valence-electron chi connectivity index (χ3n) is 2.89. The molecule has 0 N–H and O–H groups in total. The van der Waals surface area contributed by atoms with Gasteiger partial charge in [-0.1, -0.05) is 31.6 Å². The van der Waals surface area contributed by atoms with E-state index in [2.05, 4.69) is 19.1 Å². The number of hydrogen-bond donors (Lipinski definition) is 0. The number of allylic oxidation sites excluding steroid dienone is 1. The second kappa shape index (κ2) is 6.48. The van der Waals surface area contributed by atoms with Crippen molar-refractivity contribution in [2.45, 2.75) is 34.1 Å². The van der Waals surface area contributed by atoms with Crippen LogP contribution in [-0.4, -0.2) is 30.7 Å². The molecular formula is C14H23NO2. The summed E-state index contributed by atoms with van der Waals surface area (Å²) >= 11 is 0. The van der Waals surface area contributed by atoms with Crippen molar-refractivity contribution in [3.8, 4) is 0 Å². The molecule has 0 bridgehead atoms. The molecule has 0 aromatic carbocycles. The van der Waals surface area contributed by atoms with Gasteiger partial charge in [0.1, 0.15) is 0 Å². The first-order valence-electron chi connectivity index (χ1n) is 6.28. The summed E-state index contributed by atoms with van der Waals surface area (Å²) in [5.74, 6) is 0.385. The van der Waals surface area contributed by atoms with Gasteiger partial charge in [0.25, 0.3) is 0 Å². The molecule has 0 radical (unpaired) electrons. The van der Waals surface area contributed by atoms with Crippen molar-refractivity contribution in [1.29, 1.82) is 0 Å². The molecular weight excluding hydrogens is 214 g/mol. The minimum atomic E-state index is -0.187. The van der Waals surface area contributed by atoms with Crippen molar-refractivity contribution < 1.29 is 9.53 Å². The lowest BCUT2D eigenvalue weighted by atomic mass is 10.0. The quantitative estimate of drug-likeness (QED) is 0.753. The van der Waals surface area contributed by atoms with E-state index in [0.29, 0.717) is 19.1 Å². The van der Waals surface area contributed by atoms with Crippen LogP contribution in [0.2, 0.25) is 0 Å². The van der Waals surface area contributed by atoms with Gasteiger partial charge in [0.15, 0.2) is 0 Å². The molecule has 1 amide bonds. The Hall–Kier alpha value is -1.25. The summed E-state index contributed by atoms with van der Waals surface area (Å²) in [6.07, 6.45) is 5.02. The van der Waals surface area contributed by atoms with Crippen LogP contribution in [-0.2, 0) is 4.74 Å². The first-order chi connectivity index (χ1) is 8.04. The van der Waals surface area contributed by atoms with Gasteiger partial charge in [-0.05, 0) is 31.8 Å². The zero-order valence-corrected chi connectivity index (χ0v) is 11.3. The number of rotatable bonds is 3. The van der Waals surface area contributed by atoms with E-state index in [9.17, 15) is 4.79 Å². The smallest absolute Gasteiger partial charge is 0.410 e. The fraction of sp³-hybridized carbons (Fsp3) is 0.643. The molecule has 3 nitrogen and oxygen atoms in total. The van der Waals surface area contributed by atoms with Gasteiger partial charge in [-0.25, -0.2) is 4.79 Å². The molecule has 0 unspecified atom stereocenters. The Balaban J connectivity index is 2.52. The van der Waals surface area contributed by atoms with E-state index in [-0.39, 0.29) is 6.09 Å². The minimum absolute atomic E-state index is 0.187. The highest BCUT2D eigenvalue weighted by Gasteiger charge is 2.19. The van der Waals surface area contributed by atoms with Crippen LogP contribution in [0.5, 0.6) is 0 Å². The van der Waals surface area contributed by atoms with Crippen LogP contribution in [0, 0.1) is 5.92 Å². The molecule has 0 saturated heterocycles. The first kappa shape index (κ1) is 13.8. The van der Waals surface area contributed by atoms with Gasteiger partial charge >= 0.3 is 6.09 Å². The molecule has 0 aliphatic carbocycles. The highest BCUT2D eigenvalue weighted by Crippen LogP contribution is 2.17. The first-order valence-corrected chi connectivity index (χ1v) is 6.28. The molecule has 1 aliphatic heterocycles. The minimum Gasteiger partial charge on any atom is -0.449 e. The van der Waals surface area contributed by atoms with Crippen molar-refractivity contribution in [2.24, 2.45) is 5.92 Å². The second-order valence-corrected chi connectivity index (χ2v) is 4.88. The summed E-state index contributed by atoms with van der Waals surface area (Å²) in [5, 5.41) is 0. The fourth-order valence-corrected chi connectivity index (χ4v) is 1.70. The molecule has 96 valence electrons. The molecule has 0 aromatic rings. The van der Waals surface area contributed by atoms with Gasteiger partial charge < -0.3 is 9.64 Å². The Bertz CT molecular complexity index is 329. The van der Waals surface area contributed by atoms with Crippen LogP contribution in [0.1, 0.15) is 34.1 Å². The van der Waals surface area contributed by atoms with Gasteiger partial charge in [-0.3, -0.25) is 0 Å². The lowest BCUT2D eigenvalue weighted by molar-refractivity contribution is 0.0943. The topological polar surface area (TPSA) is 29.5 Å². The monoisotopic (exact) mass is 237 g/mol. The normalized spacial score (nSPS) is 17.1. The third kappa shape index (κ3) is 4.25. The molecule has 0 saturated carbocycles. The fourth-order valence-electron chi connectivity index (χ4n) is 1.70. The summed E-state index contributed by atoms with van der Waals surface area (Å²) in [5.41, 5.74) is 2.48. The van der Waals surface area contributed by atoms with Gasteiger partial charge in [-0.2, -0.15) is 0 Å². The number of nitrogens with zero attached hydrogens (tertiary/aromatic N) is 1. The summed E-state index contributed by atoms with van der Waals surface area (Å²) in [6, 6.07) is 0. The standard InChI is InChI=1S/C14H23NO2/c1-5-12(4)13-7-6-8-15(9-13)14(16)17-10-11(2)3/h5,7,11H,6,8-10H2,1-4H3/b12-5+. The third-order valence-corrected chi connectivity index (χ3v) is 2.89. The lowest BCUT2D eigenvalue weighted by Crippen LogP contribution is -2.37. The maximum absolute atomic E-state index is 11.8. The Morgan fingerprint density at radius 3 is 2.88 bits per heavy atom. The van der Waals surface area contributed by atoms with Crippen LogP contribution in [0.4, 0.5) is 4.79 Å². The van der Waals surface area contributed by atoms with E-state index in [4.69, 9.17) is 4.74 Å². The Morgan fingerprint density at radius 2 is 2.29 bits per heavy atom. The average molecular weight is 237 g/mol. The Morgan fingerprint density at radius 1 is 1.59 bits per heavy atom. The predicted octanol–water partition coefficient (Wildman–Crippen LogP) is 3.38. The molecule has 0 atom stereocenters. The summed E-state index contributed by atoms with van der Waals surface area (Å²) in [7, 11) is 0. The van der Waals surface area contributed by atoms with Gasteiger partial charge in [0.05, 0.1) is 6.61 Å². The molecule has 1 aliphatic rings. The number of carbonyl (C=O) groups is 1. The largest absolute Gasteiger partial charge is 0.449 e. The summed E-state index contributed by atoms with van der Waals surface area (Å²) in [4.78, 5) is 13.6. The predicted molar refractivity (Wildman–Crippen MR) is 69.9 cm³/mol. The molecule has 17 heavy (non-hydrogen) atoms. The molecule has 1 rings (SSSR count). The Labute approximate surface area is 104 Å². The second-order valence-electron chi connectivity index (χ2n) is 4.88. The van der Waals surface area contributed by atoms with Crippen LogP contribution in [0.15, 0.2) is 23.3 Å². The molecule has 0 fully saturated rings. The number of amides is 1. The van der Waals surface area contributed by atoms with E-state index >= 15 is 0 Å². The molecule has 0 aromatic heterocycles. The number of ether oxygens (including phenoxy) is 1. The van der Waals surface area contributed by atoms with E-state index in [0.717, 1.165) is 13.0 Å². The maximum atomic E-state index is 11.8. The molecule has 1 heterocycles. The van der Waals surface area contributed by atoms with Crippen molar-refractivity contribution in [3.05, 3.63) is 23.3 Å². The van der Waals surface area contributed by atoms with Crippen molar-refractivity contribution in [3.63, 3.8) is 0 Å². The van der Waals surface area contributed by atoms with E-state index in [1.54, 1.807) is 4.90 Å². The van der Waals surface area contributed by atoms with Crippen LogP contribution in [0.25, 0.3) is 0 Å². The van der Waals surface area contributed by atoms with Crippen LogP contribution in [0.3, 0.4) is 0 Å². The SMILES string of the molecule is C/C=C(\C)C1=CCCN(C(=O)OCC(C)C)C1. The summed E-state index contributed by atoms with van der Waals surface area (Å²) < 4.78 is 5.24. The lowest BCUT2D eigenvalue weighted by Gasteiger charge is -2.27. The van der Waals surface area contributed by atoms with Crippen molar-refractivity contribution >= 4 is 6.09 Å². The average Bonchev–Trinajstić information content (AvgIpc) is 2.35. The van der Waals surface area contributed by atoms with E-state index < -0.39 is 0 Å². The number of carbonyl (C=O) groups excluding carboxylic acids is 1.